The van der Waals surface area contributed by atoms with E-state index in [0.29, 0.717) is 6.10 Å². The van der Waals surface area contributed by atoms with Crippen molar-refractivity contribution in [1.29, 1.82) is 0 Å². The van der Waals surface area contributed by atoms with Crippen LogP contribution in [-0.2, 0) is 4.74 Å². The monoisotopic (exact) mass is 269 g/mol. The fraction of sp³-hybridized carbons (Fsp3) is 1.00. The summed E-state index contributed by atoms with van der Waals surface area (Å²) in [6.45, 7) is 11.3. The number of hydrogen-bond donors (Lipinski definition) is 1. The van der Waals surface area contributed by atoms with Gasteiger partial charge in [0.2, 0.25) is 0 Å². The zero-order valence-electron chi connectivity index (χ0n) is 12.7. The predicted octanol–water partition coefficient (Wildman–Crippen LogP) is 1.03. The fourth-order valence-corrected chi connectivity index (χ4v) is 3.23. The van der Waals surface area contributed by atoms with Crippen LogP contribution in [0.2, 0.25) is 0 Å². The van der Waals surface area contributed by atoms with Gasteiger partial charge in [-0.15, -0.1) is 0 Å². The lowest BCUT2D eigenvalue weighted by atomic mass is 9.97. The Balaban J connectivity index is 1.68. The fourth-order valence-electron chi connectivity index (χ4n) is 3.23. The summed E-state index contributed by atoms with van der Waals surface area (Å²) < 4.78 is 5.89. The second-order valence-electron chi connectivity index (χ2n) is 6.23. The summed E-state index contributed by atoms with van der Waals surface area (Å²) in [5.74, 6) is 0.835. The first-order chi connectivity index (χ1) is 9.28. The molecule has 2 heterocycles. The lowest BCUT2D eigenvalue weighted by Crippen LogP contribution is -2.49. The maximum Gasteiger partial charge on any atom is 0.0829 e. The number of likely N-dealkylation sites (N-methyl/N-ethyl adjacent to an activating group) is 1. The second kappa shape index (κ2) is 8.20. The zero-order valence-corrected chi connectivity index (χ0v) is 12.7. The van der Waals surface area contributed by atoms with Gasteiger partial charge in [0.15, 0.2) is 0 Å². The molecular formula is C15H31N3O. The Morgan fingerprint density at radius 1 is 1.26 bits per heavy atom. The minimum Gasteiger partial charge on any atom is -0.374 e. The molecule has 0 aromatic carbocycles. The van der Waals surface area contributed by atoms with Crippen LogP contribution in [0.15, 0.2) is 0 Å². The molecule has 112 valence electrons. The van der Waals surface area contributed by atoms with E-state index in [9.17, 15) is 0 Å². The van der Waals surface area contributed by atoms with E-state index in [1.807, 2.05) is 0 Å². The number of morpholine rings is 1. The van der Waals surface area contributed by atoms with Crippen LogP contribution in [0.25, 0.3) is 0 Å². The molecular weight excluding hydrogens is 238 g/mol. The third-order valence-electron chi connectivity index (χ3n) is 4.27. The van der Waals surface area contributed by atoms with E-state index in [-0.39, 0.29) is 0 Å². The summed E-state index contributed by atoms with van der Waals surface area (Å²) in [6.07, 6.45) is 4.39. The van der Waals surface area contributed by atoms with Gasteiger partial charge in [-0.25, -0.2) is 0 Å². The number of ether oxygens (including phenoxy) is 1. The minimum atomic E-state index is 0.418. The molecule has 2 aliphatic heterocycles. The van der Waals surface area contributed by atoms with Gasteiger partial charge in [0, 0.05) is 26.2 Å². The largest absolute Gasteiger partial charge is 0.374 e. The van der Waals surface area contributed by atoms with Gasteiger partial charge in [-0.05, 0) is 51.9 Å². The van der Waals surface area contributed by atoms with Crippen molar-refractivity contribution in [2.75, 3.05) is 59.5 Å². The molecule has 2 aliphatic rings. The molecule has 19 heavy (non-hydrogen) atoms. The van der Waals surface area contributed by atoms with Crippen molar-refractivity contribution in [2.45, 2.75) is 32.3 Å². The SMILES string of the molecule is CCCNCC1CCCN(CC2CN(C)CCO2)C1. The molecule has 2 rings (SSSR count). The van der Waals surface area contributed by atoms with E-state index in [2.05, 4.69) is 29.1 Å². The molecule has 4 nitrogen and oxygen atoms in total. The Bertz CT molecular complexity index is 250. The number of hydrogen-bond acceptors (Lipinski definition) is 4. The molecule has 2 atom stereocenters. The lowest BCUT2D eigenvalue weighted by molar-refractivity contribution is -0.0403. The average molecular weight is 269 g/mol. The van der Waals surface area contributed by atoms with Crippen LogP contribution in [0.1, 0.15) is 26.2 Å². The van der Waals surface area contributed by atoms with Crippen LogP contribution in [0, 0.1) is 5.92 Å². The van der Waals surface area contributed by atoms with Crippen LogP contribution in [0.4, 0.5) is 0 Å². The van der Waals surface area contributed by atoms with Gasteiger partial charge in [-0.3, -0.25) is 0 Å². The van der Waals surface area contributed by atoms with Crippen LogP contribution < -0.4 is 5.32 Å². The summed E-state index contributed by atoms with van der Waals surface area (Å²) in [7, 11) is 2.20. The number of nitrogens with one attached hydrogen (secondary N) is 1. The minimum absolute atomic E-state index is 0.418. The number of nitrogens with zero attached hydrogens (tertiary/aromatic N) is 2. The summed E-state index contributed by atoms with van der Waals surface area (Å²) in [5.41, 5.74) is 0. The highest BCUT2D eigenvalue weighted by atomic mass is 16.5. The van der Waals surface area contributed by atoms with Crippen LogP contribution in [-0.4, -0.2) is 75.4 Å². The standard InChI is InChI=1S/C15H31N3O/c1-3-6-16-10-14-5-4-7-18(11-14)13-15-12-17(2)8-9-19-15/h14-16H,3-13H2,1-2H3. The molecule has 0 spiro atoms. The van der Waals surface area contributed by atoms with E-state index >= 15 is 0 Å². The molecule has 2 fully saturated rings. The molecule has 2 unspecified atom stereocenters. The average Bonchev–Trinajstić information content (AvgIpc) is 2.39. The van der Waals surface area contributed by atoms with Crippen molar-refractivity contribution < 1.29 is 4.74 Å². The van der Waals surface area contributed by atoms with Gasteiger partial charge in [0.05, 0.1) is 12.7 Å². The molecule has 0 aromatic rings. The normalized spacial score (nSPS) is 30.6. The molecule has 0 saturated carbocycles. The molecule has 0 bridgehead atoms. The highest BCUT2D eigenvalue weighted by Crippen LogP contribution is 2.17. The molecule has 0 amide bonds. The van der Waals surface area contributed by atoms with Gasteiger partial charge in [-0.1, -0.05) is 6.92 Å². The van der Waals surface area contributed by atoms with Gasteiger partial charge in [0.25, 0.3) is 0 Å². The van der Waals surface area contributed by atoms with Crippen LogP contribution in [0.5, 0.6) is 0 Å². The second-order valence-corrected chi connectivity index (χ2v) is 6.23. The summed E-state index contributed by atoms with van der Waals surface area (Å²) in [5, 5.41) is 3.57. The van der Waals surface area contributed by atoms with Crippen LogP contribution >= 0.6 is 0 Å². The van der Waals surface area contributed by atoms with Crippen molar-refractivity contribution in [3.05, 3.63) is 0 Å². The first-order valence-electron chi connectivity index (χ1n) is 8.01. The highest BCUT2D eigenvalue weighted by molar-refractivity contribution is 4.79. The number of rotatable bonds is 6. The quantitative estimate of drug-likeness (QED) is 0.729. The Kier molecular flexibility index (Phi) is 6.57. The van der Waals surface area contributed by atoms with Gasteiger partial charge in [0.1, 0.15) is 0 Å². The van der Waals surface area contributed by atoms with Gasteiger partial charge in [-0.2, -0.15) is 0 Å². The van der Waals surface area contributed by atoms with Gasteiger partial charge < -0.3 is 19.9 Å². The lowest BCUT2D eigenvalue weighted by Gasteiger charge is -2.37. The molecule has 0 aliphatic carbocycles. The Morgan fingerprint density at radius 3 is 2.95 bits per heavy atom. The summed E-state index contributed by atoms with van der Waals surface area (Å²) in [4.78, 5) is 5.00. The van der Waals surface area contributed by atoms with E-state index in [1.54, 1.807) is 0 Å². The summed E-state index contributed by atoms with van der Waals surface area (Å²) >= 11 is 0. The third kappa shape index (κ3) is 5.38. The molecule has 4 heteroatoms. The van der Waals surface area contributed by atoms with Crippen molar-refractivity contribution in [3.8, 4) is 0 Å². The summed E-state index contributed by atoms with van der Waals surface area (Å²) in [6, 6.07) is 0. The van der Waals surface area contributed by atoms with Crippen LogP contribution in [0.3, 0.4) is 0 Å². The number of piperidine rings is 1. The maximum atomic E-state index is 5.89. The predicted molar refractivity (Wildman–Crippen MR) is 79.6 cm³/mol. The highest BCUT2D eigenvalue weighted by Gasteiger charge is 2.24. The Hall–Kier alpha value is -0.160. The Labute approximate surface area is 118 Å². The molecule has 0 radical (unpaired) electrons. The van der Waals surface area contributed by atoms with E-state index in [0.717, 1.165) is 38.7 Å². The van der Waals surface area contributed by atoms with E-state index < -0.39 is 0 Å². The van der Waals surface area contributed by atoms with Crippen molar-refractivity contribution in [3.63, 3.8) is 0 Å². The first-order valence-corrected chi connectivity index (χ1v) is 8.01. The number of likely N-dealkylation sites (tertiary alicyclic amines) is 1. The Morgan fingerprint density at radius 2 is 2.16 bits per heavy atom. The first kappa shape index (κ1) is 15.2. The molecule has 2 saturated heterocycles. The van der Waals surface area contributed by atoms with Gasteiger partial charge >= 0.3 is 0 Å². The zero-order chi connectivity index (χ0) is 13.5. The smallest absolute Gasteiger partial charge is 0.0829 e. The topological polar surface area (TPSA) is 27.7 Å². The van der Waals surface area contributed by atoms with Crippen molar-refractivity contribution in [2.24, 2.45) is 5.92 Å². The van der Waals surface area contributed by atoms with Crippen molar-refractivity contribution >= 4 is 0 Å². The molecule has 1 N–H and O–H groups in total. The maximum absolute atomic E-state index is 5.89. The van der Waals surface area contributed by atoms with Crippen molar-refractivity contribution in [1.82, 2.24) is 15.1 Å². The molecule has 0 aromatic heterocycles. The van der Waals surface area contributed by atoms with E-state index in [4.69, 9.17) is 4.74 Å². The third-order valence-corrected chi connectivity index (χ3v) is 4.27. The van der Waals surface area contributed by atoms with E-state index in [1.165, 1.54) is 38.9 Å².